The van der Waals surface area contributed by atoms with E-state index in [1.807, 2.05) is 0 Å². The number of carboxylic acids is 1. The maximum atomic E-state index is 13.2. The predicted molar refractivity (Wildman–Crippen MR) is 48.7 cm³/mol. The van der Waals surface area contributed by atoms with Crippen molar-refractivity contribution in [2.45, 2.75) is 0 Å². The van der Waals surface area contributed by atoms with Crippen LogP contribution in [0.25, 0.3) is 11.3 Å². The predicted octanol–water partition coefficient (Wildman–Crippen LogP) is 1.31. The number of nitrogens with zero attached hydrogens (tertiary/aromatic N) is 2. The molecule has 2 heterocycles. The summed E-state index contributed by atoms with van der Waals surface area (Å²) in [6.45, 7) is 0. The van der Waals surface area contributed by atoms with Crippen LogP contribution >= 0.6 is 0 Å². The minimum absolute atomic E-state index is 0.0816. The number of hydrogen-bond donors (Lipinski definition) is 2. The average Bonchev–Trinajstić information content (AvgIpc) is 2.67. The lowest BCUT2D eigenvalue weighted by atomic mass is 10.1. The lowest BCUT2D eigenvalue weighted by Gasteiger charge is -1.99. The molecule has 15 heavy (non-hydrogen) atoms. The third-order valence-corrected chi connectivity index (χ3v) is 1.90. The quantitative estimate of drug-likeness (QED) is 0.727. The molecule has 2 N–H and O–H groups in total. The Balaban J connectivity index is 2.59. The third kappa shape index (κ3) is 1.56. The van der Waals surface area contributed by atoms with Crippen LogP contribution in [-0.4, -0.2) is 26.3 Å². The summed E-state index contributed by atoms with van der Waals surface area (Å²) in [5.74, 6) is -1.90. The second-order valence-electron chi connectivity index (χ2n) is 2.81. The van der Waals surface area contributed by atoms with Crippen LogP contribution in [0, 0.1) is 5.95 Å². The monoisotopic (exact) mass is 207 g/mol. The van der Waals surface area contributed by atoms with E-state index in [4.69, 9.17) is 5.11 Å². The number of H-pyrrole nitrogens is 1. The molecule has 76 valence electrons. The van der Waals surface area contributed by atoms with Gasteiger partial charge in [0.1, 0.15) is 5.56 Å². The average molecular weight is 207 g/mol. The molecule has 0 saturated heterocycles. The molecule has 2 rings (SSSR count). The maximum absolute atomic E-state index is 13.2. The van der Waals surface area contributed by atoms with E-state index >= 15 is 0 Å². The van der Waals surface area contributed by atoms with E-state index in [-0.39, 0.29) is 16.8 Å². The molecule has 0 atom stereocenters. The van der Waals surface area contributed by atoms with Crippen LogP contribution in [0.2, 0.25) is 0 Å². The highest BCUT2D eigenvalue weighted by molar-refractivity contribution is 5.94. The van der Waals surface area contributed by atoms with Crippen molar-refractivity contribution >= 4 is 5.97 Å². The van der Waals surface area contributed by atoms with Crippen molar-refractivity contribution in [3.63, 3.8) is 0 Å². The number of aromatic carboxylic acids is 1. The van der Waals surface area contributed by atoms with Crippen LogP contribution in [0.4, 0.5) is 4.39 Å². The lowest BCUT2D eigenvalue weighted by molar-refractivity contribution is 0.0698. The van der Waals surface area contributed by atoms with E-state index in [2.05, 4.69) is 15.2 Å². The summed E-state index contributed by atoms with van der Waals surface area (Å²) in [5.41, 5.74) is 0.127. The number of rotatable bonds is 2. The number of carbonyl (C=O) groups is 1. The molecular formula is C9H6FN3O2. The largest absolute Gasteiger partial charge is 0.478 e. The van der Waals surface area contributed by atoms with Gasteiger partial charge in [-0.05, 0) is 12.1 Å². The first-order valence-electron chi connectivity index (χ1n) is 4.07. The molecule has 0 saturated carbocycles. The summed E-state index contributed by atoms with van der Waals surface area (Å²) in [6, 6.07) is 2.95. The zero-order valence-electron chi connectivity index (χ0n) is 7.44. The van der Waals surface area contributed by atoms with Crippen molar-refractivity contribution in [3.8, 4) is 11.3 Å². The van der Waals surface area contributed by atoms with Crippen molar-refractivity contribution in [2.75, 3.05) is 0 Å². The van der Waals surface area contributed by atoms with E-state index in [9.17, 15) is 9.18 Å². The van der Waals surface area contributed by atoms with Gasteiger partial charge in [0.05, 0.1) is 17.5 Å². The topological polar surface area (TPSA) is 78.9 Å². The van der Waals surface area contributed by atoms with Crippen LogP contribution in [0.5, 0.6) is 0 Å². The van der Waals surface area contributed by atoms with E-state index < -0.39 is 11.9 Å². The molecule has 0 aliphatic heterocycles. The fourth-order valence-electron chi connectivity index (χ4n) is 1.23. The van der Waals surface area contributed by atoms with Gasteiger partial charge in [0.2, 0.25) is 5.95 Å². The van der Waals surface area contributed by atoms with Crippen molar-refractivity contribution < 1.29 is 14.3 Å². The van der Waals surface area contributed by atoms with E-state index in [0.717, 1.165) is 6.20 Å². The first-order chi connectivity index (χ1) is 7.20. The molecule has 0 spiro atoms. The Hall–Kier alpha value is -2.24. The molecule has 0 aliphatic carbocycles. The van der Waals surface area contributed by atoms with Crippen LogP contribution < -0.4 is 0 Å². The van der Waals surface area contributed by atoms with Gasteiger partial charge in [-0.15, -0.1) is 0 Å². The van der Waals surface area contributed by atoms with Gasteiger partial charge in [-0.1, -0.05) is 0 Å². The van der Waals surface area contributed by atoms with Crippen molar-refractivity contribution in [2.24, 2.45) is 0 Å². The van der Waals surface area contributed by atoms with Crippen LogP contribution in [0.3, 0.4) is 0 Å². The molecular weight excluding hydrogens is 201 g/mol. The van der Waals surface area contributed by atoms with Gasteiger partial charge in [-0.25, -0.2) is 9.78 Å². The normalized spacial score (nSPS) is 10.2. The zero-order valence-corrected chi connectivity index (χ0v) is 7.44. The maximum Gasteiger partial charge on any atom is 0.339 e. The van der Waals surface area contributed by atoms with Crippen LogP contribution in [-0.2, 0) is 0 Å². The smallest absolute Gasteiger partial charge is 0.339 e. The highest BCUT2D eigenvalue weighted by atomic mass is 19.1. The van der Waals surface area contributed by atoms with Crippen molar-refractivity contribution in [1.29, 1.82) is 0 Å². The van der Waals surface area contributed by atoms with Gasteiger partial charge < -0.3 is 5.11 Å². The van der Waals surface area contributed by atoms with E-state index in [1.165, 1.54) is 18.3 Å². The summed E-state index contributed by atoms with van der Waals surface area (Å²) < 4.78 is 13.2. The summed E-state index contributed by atoms with van der Waals surface area (Å²) in [5, 5.41) is 14.8. The molecule has 0 radical (unpaired) electrons. The Morgan fingerprint density at radius 3 is 3.00 bits per heavy atom. The Bertz CT molecular complexity index is 510. The number of aromatic nitrogens is 3. The Kier molecular flexibility index (Phi) is 2.17. The summed E-state index contributed by atoms with van der Waals surface area (Å²) in [7, 11) is 0. The standard InChI is InChI=1S/C9H6FN3O2/c10-8-5(2-1-3-11-8)7-6(9(14)15)4-12-13-7/h1-4H,(H,12,13)(H,14,15). The first kappa shape index (κ1) is 9.32. The minimum Gasteiger partial charge on any atom is -0.478 e. The number of hydrogen-bond acceptors (Lipinski definition) is 3. The zero-order chi connectivity index (χ0) is 10.8. The number of aromatic amines is 1. The number of carboxylic acid groups (broad SMARTS) is 1. The van der Waals surface area contributed by atoms with Gasteiger partial charge in [-0.3, -0.25) is 5.10 Å². The molecule has 6 heteroatoms. The molecule has 2 aromatic rings. The van der Waals surface area contributed by atoms with Gasteiger partial charge >= 0.3 is 5.97 Å². The first-order valence-corrected chi connectivity index (χ1v) is 4.07. The summed E-state index contributed by atoms with van der Waals surface area (Å²) in [6.07, 6.45) is 2.42. The SMILES string of the molecule is O=C(O)c1cn[nH]c1-c1cccnc1F. The molecule has 5 nitrogen and oxygen atoms in total. The molecule has 2 aromatic heterocycles. The van der Waals surface area contributed by atoms with Crippen LogP contribution in [0.15, 0.2) is 24.5 Å². The molecule has 0 amide bonds. The molecule has 0 fully saturated rings. The number of halogens is 1. The molecule has 0 bridgehead atoms. The molecule has 0 aromatic carbocycles. The van der Waals surface area contributed by atoms with Gasteiger partial charge in [0.25, 0.3) is 0 Å². The van der Waals surface area contributed by atoms with Gasteiger partial charge in [-0.2, -0.15) is 9.49 Å². The second-order valence-corrected chi connectivity index (χ2v) is 2.81. The number of nitrogens with one attached hydrogen (secondary N) is 1. The van der Waals surface area contributed by atoms with E-state index in [1.54, 1.807) is 0 Å². The van der Waals surface area contributed by atoms with E-state index in [0.29, 0.717) is 0 Å². The molecule has 0 unspecified atom stereocenters. The lowest BCUT2D eigenvalue weighted by Crippen LogP contribution is -1.98. The highest BCUT2D eigenvalue weighted by Gasteiger charge is 2.16. The molecule has 0 aliphatic rings. The Morgan fingerprint density at radius 2 is 2.33 bits per heavy atom. The van der Waals surface area contributed by atoms with Gasteiger partial charge in [0, 0.05) is 6.20 Å². The minimum atomic E-state index is -1.16. The third-order valence-electron chi connectivity index (χ3n) is 1.90. The fraction of sp³-hybridized carbons (Fsp3) is 0. The van der Waals surface area contributed by atoms with Crippen LogP contribution in [0.1, 0.15) is 10.4 Å². The van der Waals surface area contributed by atoms with Gasteiger partial charge in [0.15, 0.2) is 0 Å². The Labute approximate surface area is 83.6 Å². The summed E-state index contributed by atoms with van der Waals surface area (Å²) in [4.78, 5) is 14.2. The van der Waals surface area contributed by atoms with Crippen molar-refractivity contribution in [1.82, 2.24) is 15.2 Å². The number of pyridine rings is 1. The van der Waals surface area contributed by atoms with Crippen molar-refractivity contribution in [3.05, 3.63) is 36.0 Å². The highest BCUT2D eigenvalue weighted by Crippen LogP contribution is 2.22. The summed E-state index contributed by atoms with van der Waals surface area (Å²) >= 11 is 0. The second kappa shape index (κ2) is 3.49. The fourth-order valence-corrected chi connectivity index (χ4v) is 1.23. The Morgan fingerprint density at radius 1 is 1.53 bits per heavy atom.